The summed E-state index contributed by atoms with van der Waals surface area (Å²) in [4.78, 5) is 11.9. The second-order valence-corrected chi connectivity index (χ2v) is 8.35. The van der Waals surface area contributed by atoms with E-state index in [9.17, 15) is 33.5 Å². The molecule has 1 unspecified atom stereocenters. The molecule has 1 saturated heterocycles. The van der Waals surface area contributed by atoms with Gasteiger partial charge >= 0.3 is 12.3 Å². The van der Waals surface area contributed by atoms with Gasteiger partial charge in [-0.2, -0.15) is 10.4 Å². The van der Waals surface area contributed by atoms with Crippen molar-refractivity contribution in [3.63, 3.8) is 0 Å². The van der Waals surface area contributed by atoms with Crippen LogP contribution in [0.15, 0.2) is 42.5 Å². The standard InChI is InChI=1S/C22H24F3N3O5/c23-22(24,25)33-18-5-1-3-15(11-18)14-26-7-9-27(10-8-26)28(31,32)20-6-2-4-16-12-17(21(29)30)13-19(16)20/h1-6,11,17,31-32H,7-10,12-14H2/p+1. The van der Waals surface area contributed by atoms with Crippen LogP contribution in [0.25, 0.3) is 0 Å². The largest absolute Gasteiger partial charge is 0.573 e. The van der Waals surface area contributed by atoms with Crippen molar-refractivity contribution >= 4 is 11.7 Å². The number of alkyl halides is 3. The number of piperazine rings is 1. The maximum atomic E-state index is 12.5. The molecule has 1 heterocycles. The number of carboxylic acids is 1. The van der Waals surface area contributed by atoms with Gasteiger partial charge in [-0.3, -0.25) is 9.69 Å². The topological polar surface area (TPSA) is 93.5 Å². The minimum absolute atomic E-state index is 0.234. The van der Waals surface area contributed by atoms with Gasteiger partial charge in [0.15, 0.2) is 0 Å². The van der Waals surface area contributed by atoms with Crippen molar-refractivity contribution in [1.82, 2.24) is 14.8 Å². The van der Waals surface area contributed by atoms with Crippen molar-refractivity contribution in [3.8, 4) is 5.75 Å². The number of hydrogen-bond donors (Lipinski definition) is 3. The molecule has 4 rings (SSSR count). The summed E-state index contributed by atoms with van der Waals surface area (Å²) < 4.78 is 41.3. The first kappa shape index (κ1) is 23.5. The highest BCUT2D eigenvalue weighted by atomic mass is 19.4. The second kappa shape index (κ2) is 8.92. The number of benzene rings is 2. The van der Waals surface area contributed by atoms with E-state index in [-0.39, 0.29) is 30.9 Å². The Balaban J connectivity index is 1.40. The Morgan fingerprint density at radius 1 is 1.06 bits per heavy atom. The van der Waals surface area contributed by atoms with Gasteiger partial charge in [0.05, 0.1) is 23.9 Å². The lowest BCUT2D eigenvalue weighted by Crippen LogP contribution is -2.63. The normalized spacial score (nSPS) is 20.0. The molecule has 0 amide bonds. The first-order valence-electron chi connectivity index (χ1n) is 10.5. The van der Waals surface area contributed by atoms with Crippen LogP contribution in [0.2, 0.25) is 0 Å². The molecule has 2 aromatic rings. The molecule has 3 N–H and O–H groups in total. The van der Waals surface area contributed by atoms with Crippen LogP contribution in [-0.2, 0) is 24.2 Å². The van der Waals surface area contributed by atoms with Crippen LogP contribution in [0.4, 0.5) is 18.9 Å². The molecule has 2 aliphatic rings. The van der Waals surface area contributed by atoms with Crippen molar-refractivity contribution in [2.75, 3.05) is 26.2 Å². The van der Waals surface area contributed by atoms with Gasteiger partial charge in [-0.05, 0) is 36.1 Å². The van der Waals surface area contributed by atoms with Crippen LogP contribution in [0, 0.1) is 5.92 Å². The smallest absolute Gasteiger partial charge is 0.481 e. The van der Waals surface area contributed by atoms with E-state index < -0.39 is 23.2 Å². The van der Waals surface area contributed by atoms with E-state index in [0.717, 1.165) is 5.56 Å². The maximum absolute atomic E-state index is 12.5. The van der Waals surface area contributed by atoms with E-state index >= 15 is 0 Å². The zero-order valence-corrected chi connectivity index (χ0v) is 17.7. The highest BCUT2D eigenvalue weighted by molar-refractivity contribution is 5.73. The molecular weight excluding hydrogens is 443 g/mol. The molecule has 1 aliphatic heterocycles. The highest BCUT2D eigenvalue weighted by Crippen LogP contribution is 2.37. The molecule has 178 valence electrons. The van der Waals surface area contributed by atoms with Crippen LogP contribution in [0.3, 0.4) is 0 Å². The van der Waals surface area contributed by atoms with Gasteiger partial charge in [-0.1, -0.05) is 29.3 Å². The van der Waals surface area contributed by atoms with Crippen molar-refractivity contribution in [3.05, 3.63) is 59.2 Å². The number of aliphatic carboxylic acids is 1. The van der Waals surface area contributed by atoms with E-state index in [1.807, 2.05) is 4.90 Å². The summed E-state index contributed by atoms with van der Waals surface area (Å²) in [5.41, 5.74) is 2.32. The molecule has 0 saturated carbocycles. The molecule has 0 spiro atoms. The number of rotatable bonds is 6. The zero-order chi connectivity index (χ0) is 23.8. The summed E-state index contributed by atoms with van der Waals surface area (Å²) in [6.45, 7) is 1.88. The van der Waals surface area contributed by atoms with E-state index in [1.165, 1.54) is 23.2 Å². The fourth-order valence-electron chi connectivity index (χ4n) is 4.51. The number of hydrogen-bond acceptors (Lipinski definition) is 6. The lowest BCUT2D eigenvalue weighted by molar-refractivity contribution is -0.404. The molecule has 1 aliphatic carbocycles. The summed E-state index contributed by atoms with van der Waals surface area (Å²) in [7, 11) is 0. The summed E-state index contributed by atoms with van der Waals surface area (Å²) in [5, 5.41) is 32.7. The van der Waals surface area contributed by atoms with Gasteiger partial charge in [0.25, 0.3) is 0 Å². The van der Waals surface area contributed by atoms with Crippen LogP contribution >= 0.6 is 0 Å². The number of nitrogens with zero attached hydrogens (tertiary/aromatic N) is 3. The van der Waals surface area contributed by atoms with Crippen molar-refractivity contribution in [2.45, 2.75) is 25.7 Å². The van der Waals surface area contributed by atoms with Crippen LogP contribution in [0.1, 0.15) is 16.7 Å². The average molecular weight is 468 g/mol. The molecule has 11 heteroatoms. The molecular formula is C22H25F3N3O5+. The first-order chi connectivity index (χ1) is 15.5. The maximum Gasteiger partial charge on any atom is 0.573 e. The molecule has 0 radical (unpaired) electrons. The summed E-state index contributed by atoms with van der Waals surface area (Å²) in [5.74, 6) is -1.78. The third-order valence-corrected chi connectivity index (χ3v) is 6.12. The molecule has 1 fully saturated rings. The molecule has 0 aromatic heterocycles. The quantitative estimate of drug-likeness (QED) is 0.443. The Hall–Kier alpha value is -2.70. The third kappa shape index (κ3) is 5.28. The lowest BCUT2D eigenvalue weighted by Gasteiger charge is -2.38. The molecule has 33 heavy (non-hydrogen) atoms. The van der Waals surface area contributed by atoms with E-state index in [4.69, 9.17) is 0 Å². The van der Waals surface area contributed by atoms with E-state index in [0.29, 0.717) is 37.2 Å². The van der Waals surface area contributed by atoms with Crippen LogP contribution in [-0.4, -0.2) is 63.9 Å². The fraction of sp³-hybridized carbons (Fsp3) is 0.409. The third-order valence-electron chi connectivity index (χ3n) is 6.12. The Bertz CT molecular complexity index is 1020. The summed E-state index contributed by atoms with van der Waals surface area (Å²) in [6.07, 6.45) is -4.17. The minimum Gasteiger partial charge on any atom is -0.481 e. The van der Waals surface area contributed by atoms with Gasteiger partial charge in [0.2, 0.25) is 5.69 Å². The number of carboxylic acid groups (broad SMARTS) is 1. The SMILES string of the molecule is O=C(O)C1Cc2cccc([N+](O)(O)N3CCN(Cc4cccc(OC(F)(F)F)c4)CC3)c2C1. The van der Waals surface area contributed by atoms with E-state index in [1.54, 1.807) is 24.3 Å². The number of quaternary nitrogens is 1. The summed E-state index contributed by atoms with van der Waals surface area (Å²) >= 11 is 0. The Morgan fingerprint density at radius 2 is 1.76 bits per heavy atom. The Morgan fingerprint density at radius 3 is 2.42 bits per heavy atom. The zero-order valence-electron chi connectivity index (χ0n) is 17.7. The molecule has 0 bridgehead atoms. The van der Waals surface area contributed by atoms with Gasteiger partial charge in [0.1, 0.15) is 5.75 Å². The Kier molecular flexibility index (Phi) is 6.34. The minimum atomic E-state index is -4.75. The lowest BCUT2D eigenvalue weighted by atomic mass is 10.1. The van der Waals surface area contributed by atoms with Crippen molar-refractivity contribution < 1.29 is 38.2 Å². The highest BCUT2D eigenvalue weighted by Gasteiger charge is 2.43. The summed E-state index contributed by atoms with van der Waals surface area (Å²) in [6, 6.07) is 10.9. The van der Waals surface area contributed by atoms with Crippen LogP contribution in [0.5, 0.6) is 5.75 Å². The predicted molar refractivity (Wildman–Crippen MR) is 110 cm³/mol. The van der Waals surface area contributed by atoms with Gasteiger partial charge in [0, 0.05) is 31.3 Å². The average Bonchev–Trinajstić information content (AvgIpc) is 3.18. The second-order valence-electron chi connectivity index (χ2n) is 8.35. The van der Waals surface area contributed by atoms with E-state index in [2.05, 4.69) is 4.74 Å². The molecule has 8 nitrogen and oxygen atoms in total. The number of halogens is 3. The first-order valence-corrected chi connectivity index (χ1v) is 10.5. The Labute approximate surface area is 188 Å². The van der Waals surface area contributed by atoms with Crippen LogP contribution < -0.4 is 9.66 Å². The van der Waals surface area contributed by atoms with Crippen molar-refractivity contribution in [2.24, 2.45) is 5.92 Å². The molecule has 1 atom stereocenters. The van der Waals surface area contributed by atoms with Crippen molar-refractivity contribution in [1.29, 1.82) is 0 Å². The van der Waals surface area contributed by atoms with Gasteiger partial charge < -0.3 is 9.84 Å². The van der Waals surface area contributed by atoms with Gasteiger partial charge in [-0.25, -0.2) is 0 Å². The number of carbonyl (C=O) groups is 1. The monoisotopic (exact) mass is 468 g/mol. The van der Waals surface area contributed by atoms with Gasteiger partial charge in [-0.15, -0.1) is 13.2 Å². The number of fused-ring (bicyclic) bond motifs is 1. The predicted octanol–water partition coefficient (Wildman–Crippen LogP) is 3.20. The number of ether oxygens (including phenoxy) is 1. The fourth-order valence-corrected chi connectivity index (χ4v) is 4.51. The molecule has 2 aromatic carbocycles.